The standard InChI is InChI=1S/C20H22N4O4/c25-20(27-15-2-1-3-15)24-8-5-13(6-9-24)18(19-22-12-26-23-19)17-10-14-11-21-7-4-16(14)28-17/h4,7,10-13,15,18H,1-3,5-6,8-9H2. The van der Waals surface area contributed by atoms with Gasteiger partial charge >= 0.3 is 6.09 Å². The largest absolute Gasteiger partial charge is 0.460 e. The summed E-state index contributed by atoms with van der Waals surface area (Å²) < 4.78 is 16.6. The van der Waals surface area contributed by atoms with Crippen LogP contribution in [-0.4, -0.2) is 45.3 Å². The molecule has 0 radical (unpaired) electrons. The maximum Gasteiger partial charge on any atom is 0.410 e. The predicted molar refractivity (Wildman–Crippen MR) is 98.6 cm³/mol. The fourth-order valence-corrected chi connectivity index (χ4v) is 4.07. The van der Waals surface area contributed by atoms with Gasteiger partial charge in [-0.3, -0.25) is 4.98 Å². The van der Waals surface area contributed by atoms with Crippen LogP contribution in [0.1, 0.15) is 49.6 Å². The number of ether oxygens (including phenoxy) is 1. The molecule has 1 saturated carbocycles. The van der Waals surface area contributed by atoms with Crippen molar-refractivity contribution in [2.24, 2.45) is 5.92 Å². The fraction of sp³-hybridized carbons (Fsp3) is 0.500. The van der Waals surface area contributed by atoms with Gasteiger partial charge in [-0.15, -0.1) is 0 Å². The van der Waals surface area contributed by atoms with Gasteiger partial charge in [-0.25, -0.2) is 4.79 Å². The van der Waals surface area contributed by atoms with E-state index in [4.69, 9.17) is 13.7 Å². The molecule has 1 aliphatic carbocycles. The monoisotopic (exact) mass is 382 g/mol. The van der Waals surface area contributed by atoms with Gasteiger partial charge in [0.15, 0.2) is 5.82 Å². The second-order valence-corrected chi connectivity index (χ2v) is 7.59. The van der Waals surface area contributed by atoms with Crippen molar-refractivity contribution in [2.45, 2.75) is 44.1 Å². The summed E-state index contributed by atoms with van der Waals surface area (Å²) in [6.45, 7) is 1.32. The quantitative estimate of drug-likeness (QED) is 0.678. The number of aromatic nitrogens is 3. The zero-order valence-corrected chi connectivity index (χ0v) is 15.5. The third-order valence-corrected chi connectivity index (χ3v) is 5.89. The van der Waals surface area contributed by atoms with E-state index in [1.807, 2.05) is 17.0 Å². The third-order valence-electron chi connectivity index (χ3n) is 5.89. The molecule has 28 heavy (non-hydrogen) atoms. The van der Waals surface area contributed by atoms with Gasteiger partial charge in [-0.1, -0.05) is 5.16 Å². The van der Waals surface area contributed by atoms with Crippen LogP contribution in [0.25, 0.3) is 11.0 Å². The van der Waals surface area contributed by atoms with Crippen molar-refractivity contribution in [3.8, 4) is 0 Å². The molecule has 0 aromatic carbocycles. The van der Waals surface area contributed by atoms with Crippen molar-refractivity contribution in [3.05, 3.63) is 42.5 Å². The summed E-state index contributed by atoms with van der Waals surface area (Å²) >= 11 is 0. The Kier molecular flexibility index (Phi) is 4.46. The number of pyridine rings is 1. The van der Waals surface area contributed by atoms with E-state index in [-0.39, 0.29) is 24.0 Å². The first kappa shape index (κ1) is 17.2. The average Bonchev–Trinajstić information content (AvgIpc) is 3.35. The lowest BCUT2D eigenvalue weighted by atomic mass is 9.82. The smallest absolute Gasteiger partial charge is 0.410 e. The van der Waals surface area contributed by atoms with E-state index in [1.165, 1.54) is 6.39 Å². The van der Waals surface area contributed by atoms with E-state index in [1.54, 1.807) is 12.4 Å². The van der Waals surface area contributed by atoms with Gasteiger partial charge in [0.1, 0.15) is 17.4 Å². The SMILES string of the molecule is O=C(OC1CCC1)N1CCC(C(c2ncon2)c2cc3cnccc3o2)CC1. The number of nitrogens with zero attached hydrogens (tertiary/aromatic N) is 4. The van der Waals surface area contributed by atoms with Gasteiger partial charge in [-0.2, -0.15) is 4.98 Å². The van der Waals surface area contributed by atoms with Crippen molar-refractivity contribution < 1.29 is 18.5 Å². The Morgan fingerprint density at radius 3 is 2.79 bits per heavy atom. The summed E-state index contributed by atoms with van der Waals surface area (Å²) in [4.78, 5) is 22.6. The van der Waals surface area contributed by atoms with Crippen molar-refractivity contribution in [2.75, 3.05) is 13.1 Å². The third kappa shape index (κ3) is 3.23. The Labute approximate surface area is 161 Å². The molecule has 3 aromatic rings. The van der Waals surface area contributed by atoms with Crippen molar-refractivity contribution >= 4 is 17.1 Å². The van der Waals surface area contributed by atoms with Gasteiger partial charge in [-0.05, 0) is 50.2 Å². The van der Waals surface area contributed by atoms with Crippen LogP contribution < -0.4 is 0 Å². The zero-order valence-electron chi connectivity index (χ0n) is 15.5. The molecule has 2 aliphatic rings. The normalized spacial score (nSPS) is 19.5. The minimum Gasteiger partial charge on any atom is -0.460 e. The molecule has 1 atom stereocenters. The number of rotatable bonds is 4. The Bertz CT molecular complexity index is 909. The molecular weight excluding hydrogens is 360 g/mol. The van der Waals surface area contributed by atoms with Crippen LogP contribution in [0, 0.1) is 5.92 Å². The first-order valence-corrected chi connectivity index (χ1v) is 9.83. The van der Waals surface area contributed by atoms with Crippen LogP contribution in [0.4, 0.5) is 4.79 Å². The van der Waals surface area contributed by atoms with Gasteiger partial charge < -0.3 is 18.6 Å². The molecule has 146 valence electrons. The lowest BCUT2D eigenvalue weighted by molar-refractivity contribution is 0.0197. The van der Waals surface area contributed by atoms with Gasteiger partial charge in [0.2, 0.25) is 6.39 Å². The van der Waals surface area contributed by atoms with Crippen LogP contribution in [0.5, 0.6) is 0 Å². The Hall–Kier alpha value is -2.90. The molecule has 1 aliphatic heterocycles. The highest BCUT2D eigenvalue weighted by atomic mass is 16.6. The average molecular weight is 382 g/mol. The molecule has 3 aromatic heterocycles. The van der Waals surface area contributed by atoms with Crippen LogP contribution in [0.3, 0.4) is 0 Å². The zero-order chi connectivity index (χ0) is 18.9. The Balaban J connectivity index is 1.33. The minimum atomic E-state index is -0.186. The molecule has 0 spiro atoms. The van der Waals surface area contributed by atoms with Crippen molar-refractivity contribution in [1.82, 2.24) is 20.0 Å². The highest BCUT2D eigenvalue weighted by Gasteiger charge is 2.36. The second-order valence-electron chi connectivity index (χ2n) is 7.59. The van der Waals surface area contributed by atoms with Crippen molar-refractivity contribution in [1.29, 1.82) is 0 Å². The van der Waals surface area contributed by atoms with Crippen molar-refractivity contribution in [3.63, 3.8) is 0 Å². The summed E-state index contributed by atoms with van der Waals surface area (Å²) in [6.07, 6.45) is 9.56. The lowest BCUT2D eigenvalue weighted by Crippen LogP contribution is -2.42. The fourth-order valence-electron chi connectivity index (χ4n) is 4.07. The molecule has 1 saturated heterocycles. The Morgan fingerprint density at radius 1 is 1.25 bits per heavy atom. The number of furan rings is 1. The molecule has 8 heteroatoms. The van der Waals surface area contributed by atoms with E-state index in [2.05, 4.69) is 15.1 Å². The lowest BCUT2D eigenvalue weighted by Gasteiger charge is -2.35. The number of carbonyl (C=O) groups is 1. The van der Waals surface area contributed by atoms with E-state index in [0.717, 1.165) is 48.8 Å². The minimum absolute atomic E-state index is 0.112. The van der Waals surface area contributed by atoms with Crippen LogP contribution >= 0.6 is 0 Å². The molecular formula is C20H22N4O4. The molecule has 0 N–H and O–H groups in total. The van der Waals surface area contributed by atoms with Gasteiger partial charge in [0.05, 0.1) is 5.92 Å². The summed E-state index contributed by atoms with van der Waals surface area (Å²) in [7, 11) is 0. The number of likely N-dealkylation sites (tertiary alicyclic amines) is 1. The molecule has 2 fully saturated rings. The highest BCUT2D eigenvalue weighted by Crippen LogP contribution is 2.39. The van der Waals surface area contributed by atoms with Gasteiger partial charge in [0.25, 0.3) is 0 Å². The van der Waals surface area contributed by atoms with E-state index in [0.29, 0.717) is 18.9 Å². The topological polar surface area (TPSA) is 94.5 Å². The first-order chi connectivity index (χ1) is 13.8. The number of amides is 1. The van der Waals surface area contributed by atoms with Crippen LogP contribution in [0.15, 0.2) is 39.9 Å². The Morgan fingerprint density at radius 2 is 2.11 bits per heavy atom. The molecule has 4 heterocycles. The molecule has 1 unspecified atom stereocenters. The second kappa shape index (κ2) is 7.26. The van der Waals surface area contributed by atoms with E-state index < -0.39 is 0 Å². The first-order valence-electron chi connectivity index (χ1n) is 9.83. The molecule has 0 bridgehead atoms. The number of fused-ring (bicyclic) bond motifs is 1. The maximum absolute atomic E-state index is 12.3. The molecule has 5 rings (SSSR count). The number of hydrogen-bond donors (Lipinski definition) is 0. The molecule has 8 nitrogen and oxygen atoms in total. The summed E-state index contributed by atoms with van der Waals surface area (Å²) in [5.74, 6) is 1.55. The highest BCUT2D eigenvalue weighted by molar-refractivity contribution is 5.76. The summed E-state index contributed by atoms with van der Waals surface area (Å²) in [5.41, 5.74) is 0.792. The molecule has 1 amide bonds. The number of piperidine rings is 1. The number of hydrogen-bond acceptors (Lipinski definition) is 7. The van der Waals surface area contributed by atoms with Gasteiger partial charge in [0, 0.05) is 30.9 Å². The predicted octanol–water partition coefficient (Wildman–Crippen LogP) is 3.74. The van der Waals surface area contributed by atoms with Crippen LogP contribution in [0.2, 0.25) is 0 Å². The summed E-state index contributed by atoms with van der Waals surface area (Å²) in [5, 5.41) is 5.03. The summed E-state index contributed by atoms with van der Waals surface area (Å²) in [6, 6.07) is 3.85. The van der Waals surface area contributed by atoms with Crippen LogP contribution in [-0.2, 0) is 4.74 Å². The van der Waals surface area contributed by atoms with E-state index >= 15 is 0 Å². The maximum atomic E-state index is 12.3. The van der Waals surface area contributed by atoms with E-state index in [9.17, 15) is 4.79 Å². The number of carbonyl (C=O) groups excluding carboxylic acids is 1.